The molecule has 1 aromatic rings. The van der Waals surface area contributed by atoms with Crippen molar-refractivity contribution in [2.45, 2.75) is 57.6 Å². The van der Waals surface area contributed by atoms with E-state index in [9.17, 15) is 5.11 Å². The molecule has 118 valence electrons. The van der Waals surface area contributed by atoms with Crippen LogP contribution in [0.3, 0.4) is 0 Å². The van der Waals surface area contributed by atoms with Gasteiger partial charge in [-0.05, 0) is 44.5 Å². The van der Waals surface area contributed by atoms with Gasteiger partial charge in [0.2, 0.25) is 0 Å². The van der Waals surface area contributed by atoms with Crippen molar-refractivity contribution in [3.63, 3.8) is 0 Å². The summed E-state index contributed by atoms with van der Waals surface area (Å²) in [6, 6.07) is 6.29. The molecule has 0 aromatic heterocycles. The summed E-state index contributed by atoms with van der Waals surface area (Å²) in [6.45, 7) is 5.53. The van der Waals surface area contributed by atoms with Crippen LogP contribution in [0.25, 0.3) is 0 Å². The molecule has 1 saturated carbocycles. The standard InChI is InChI=1S/C17H26BrNO2/c1-3-19-13(2)15-11-14(18)7-8-16(15)21-12-17(20)9-5-4-6-10-17/h7-8,11,13,19-20H,3-6,9-10,12H2,1-2H3. The summed E-state index contributed by atoms with van der Waals surface area (Å²) in [4.78, 5) is 0. The highest BCUT2D eigenvalue weighted by Gasteiger charge is 2.30. The van der Waals surface area contributed by atoms with Gasteiger partial charge in [-0.1, -0.05) is 42.1 Å². The van der Waals surface area contributed by atoms with E-state index >= 15 is 0 Å². The average molecular weight is 356 g/mol. The van der Waals surface area contributed by atoms with E-state index in [-0.39, 0.29) is 6.04 Å². The largest absolute Gasteiger partial charge is 0.490 e. The van der Waals surface area contributed by atoms with Crippen molar-refractivity contribution in [2.24, 2.45) is 0 Å². The first kappa shape index (κ1) is 16.8. The Morgan fingerprint density at radius 2 is 2.05 bits per heavy atom. The van der Waals surface area contributed by atoms with E-state index in [2.05, 4.69) is 41.2 Å². The average Bonchev–Trinajstić information content (AvgIpc) is 2.47. The van der Waals surface area contributed by atoms with E-state index in [0.717, 1.165) is 48.0 Å². The molecule has 0 aliphatic heterocycles. The Balaban J connectivity index is 2.08. The highest BCUT2D eigenvalue weighted by atomic mass is 79.9. The second-order valence-electron chi connectivity index (χ2n) is 6.04. The second kappa shape index (κ2) is 7.61. The van der Waals surface area contributed by atoms with Gasteiger partial charge in [0.1, 0.15) is 12.4 Å². The molecule has 0 heterocycles. The summed E-state index contributed by atoms with van der Waals surface area (Å²) in [6.07, 6.45) is 5.12. The maximum Gasteiger partial charge on any atom is 0.124 e. The lowest BCUT2D eigenvalue weighted by Gasteiger charge is -2.32. The van der Waals surface area contributed by atoms with E-state index in [0.29, 0.717) is 6.61 Å². The van der Waals surface area contributed by atoms with E-state index < -0.39 is 5.60 Å². The first-order valence-electron chi connectivity index (χ1n) is 7.92. The van der Waals surface area contributed by atoms with Crippen LogP contribution in [0.4, 0.5) is 0 Å². The number of nitrogens with one attached hydrogen (secondary N) is 1. The summed E-state index contributed by atoms with van der Waals surface area (Å²) >= 11 is 3.52. The third kappa shape index (κ3) is 4.70. The Bertz CT molecular complexity index is 458. The topological polar surface area (TPSA) is 41.5 Å². The molecule has 2 rings (SSSR count). The minimum absolute atomic E-state index is 0.225. The number of ether oxygens (including phenoxy) is 1. The molecule has 0 radical (unpaired) electrons. The van der Waals surface area contributed by atoms with Crippen LogP contribution in [0.15, 0.2) is 22.7 Å². The molecule has 0 amide bonds. The van der Waals surface area contributed by atoms with Crippen molar-refractivity contribution in [1.82, 2.24) is 5.32 Å². The molecule has 1 fully saturated rings. The van der Waals surface area contributed by atoms with E-state index in [1.54, 1.807) is 0 Å². The van der Waals surface area contributed by atoms with E-state index in [1.807, 2.05) is 12.1 Å². The van der Waals surface area contributed by atoms with Crippen LogP contribution in [0.2, 0.25) is 0 Å². The van der Waals surface area contributed by atoms with Gasteiger partial charge in [0.15, 0.2) is 0 Å². The Morgan fingerprint density at radius 3 is 2.71 bits per heavy atom. The number of hydrogen-bond donors (Lipinski definition) is 2. The molecule has 1 aromatic carbocycles. The highest BCUT2D eigenvalue weighted by Crippen LogP contribution is 2.32. The molecule has 2 N–H and O–H groups in total. The number of rotatable bonds is 6. The highest BCUT2D eigenvalue weighted by molar-refractivity contribution is 9.10. The number of halogens is 1. The number of benzene rings is 1. The molecule has 21 heavy (non-hydrogen) atoms. The van der Waals surface area contributed by atoms with Crippen LogP contribution in [0.1, 0.15) is 57.6 Å². The smallest absolute Gasteiger partial charge is 0.124 e. The van der Waals surface area contributed by atoms with Gasteiger partial charge in [0, 0.05) is 16.1 Å². The monoisotopic (exact) mass is 355 g/mol. The fourth-order valence-corrected chi connectivity index (χ4v) is 3.35. The molecule has 1 unspecified atom stereocenters. The predicted molar refractivity (Wildman–Crippen MR) is 89.8 cm³/mol. The van der Waals surface area contributed by atoms with Gasteiger partial charge >= 0.3 is 0 Å². The normalized spacial score (nSPS) is 19.2. The summed E-state index contributed by atoms with van der Waals surface area (Å²) < 4.78 is 7.04. The molecule has 4 heteroatoms. The quantitative estimate of drug-likeness (QED) is 0.803. The van der Waals surface area contributed by atoms with Crippen LogP contribution < -0.4 is 10.1 Å². The summed E-state index contributed by atoms with van der Waals surface area (Å²) in [5.74, 6) is 0.866. The van der Waals surface area contributed by atoms with Gasteiger partial charge in [-0.15, -0.1) is 0 Å². The Labute approximate surface area is 136 Å². The van der Waals surface area contributed by atoms with Crippen molar-refractivity contribution < 1.29 is 9.84 Å². The molecule has 1 atom stereocenters. The minimum Gasteiger partial charge on any atom is -0.490 e. The Morgan fingerprint density at radius 1 is 1.33 bits per heavy atom. The van der Waals surface area contributed by atoms with Gasteiger partial charge in [-0.2, -0.15) is 0 Å². The van der Waals surface area contributed by atoms with Crippen LogP contribution >= 0.6 is 15.9 Å². The molecule has 0 spiro atoms. The third-order valence-corrected chi connectivity index (χ3v) is 4.72. The van der Waals surface area contributed by atoms with Crippen molar-refractivity contribution in [1.29, 1.82) is 0 Å². The lowest BCUT2D eigenvalue weighted by molar-refractivity contribution is -0.0342. The Kier molecular flexibility index (Phi) is 6.08. The van der Waals surface area contributed by atoms with Crippen LogP contribution in [-0.2, 0) is 0 Å². The molecular weight excluding hydrogens is 330 g/mol. The maximum absolute atomic E-state index is 10.6. The van der Waals surface area contributed by atoms with E-state index in [1.165, 1.54) is 6.42 Å². The van der Waals surface area contributed by atoms with Crippen molar-refractivity contribution in [3.8, 4) is 5.75 Å². The van der Waals surface area contributed by atoms with Gasteiger partial charge in [-0.3, -0.25) is 0 Å². The summed E-state index contributed by atoms with van der Waals surface area (Å²) in [5, 5.41) is 14.0. The zero-order chi connectivity index (χ0) is 15.3. The van der Waals surface area contributed by atoms with Crippen LogP contribution in [0.5, 0.6) is 5.75 Å². The molecule has 0 bridgehead atoms. The first-order chi connectivity index (χ1) is 10.0. The maximum atomic E-state index is 10.6. The van der Waals surface area contributed by atoms with Crippen molar-refractivity contribution in [2.75, 3.05) is 13.2 Å². The molecule has 1 aliphatic carbocycles. The third-order valence-electron chi connectivity index (χ3n) is 4.23. The minimum atomic E-state index is -0.649. The van der Waals surface area contributed by atoms with Gasteiger partial charge in [0.25, 0.3) is 0 Å². The second-order valence-corrected chi connectivity index (χ2v) is 6.95. The lowest BCUT2D eigenvalue weighted by atomic mass is 9.85. The van der Waals surface area contributed by atoms with E-state index in [4.69, 9.17) is 4.74 Å². The van der Waals surface area contributed by atoms with Crippen LogP contribution in [0, 0.1) is 0 Å². The van der Waals surface area contributed by atoms with Crippen molar-refractivity contribution >= 4 is 15.9 Å². The summed E-state index contributed by atoms with van der Waals surface area (Å²) in [7, 11) is 0. The zero-order valence-corrected chi connectivity index (χ0v) is 14.6. The number of aliphatic hydroxyl groups is 1. The molecular formula is C17H26BrNO2. The SMILES string of the molecule is CCNC(C)c1cc(Br)ccc1OCC1(O)CCCCC1. The zero-order valence-electron chi connectivity index (χ0n) is 13.0. The van der Waals surface area contributed by atoms with Gasteiger partial charge < -0.3 is 15.2 Å². The number of hydrogen-bond acceptors (Lipinski definition) is 3. The van der Waals surface area contributed by atoms with Gasteiger partial charge in [0.05, 0.1) is 5.60 Å². The lowest BCUT2D eigenvalue weighted by Crippen LogP contribution is -2.38. The van der Waals surface area contributed by atoms with Crippen LogP contribution in [-0.4, -0.2) is 23.9 Å². The van der Waals surface area contributed by atoms with Gasteiger partial charge in [-0.25, -0.2) is 0 Å². The molecule has 0 saturated heterocycles. The van der Waals surface area contributed by atoms with Crippen molar-refractivity contribution in [3.05, 3.63) is 28.2 Å². The first-order valence-corrected chi connectivity index (χ1v) is 8.71. The molecule has 1 aliphatic rings. The fourth-order valence-electron chi connectivity index (χ4n) is 2.97. The predicted octanol–water partition coefficient (Wildman–Crippen LogP) is 4.19. The summed E-state index contributed by atoms with van der Waals surface area (Å²) in [5.41, 5.74) is 0.481. The fraction of sp³-hybridized carbons (Fsp3) is 0.647. The molecule has 3 nitrogen and oxygen atoms in total. The Hall–Kier alpha value is -0.580.